The molecule has 2 heterocycles. The van der Waals surface area contributed by atoms with Gasteiger partial charge < -0.3 is 19.6 Å². The number of rotatable bonds is 9. The largest absolute Gasteiger partial charge is 0.478 e. The predicted octanol–water partition coefficient (Wildman–Crippen LogP) is 6.06. The summed E-state index contributed by atoms with van der Waals surface area (Å²) in [5.41, 5.74) is 2.02. The van der Waals surface area contributed by atoms with E-state index in [9.17, 15) is 14.7 Å². The Morgan fingerprint density at radius 2 is 1.86 bits per heavy atom. The first-order valence-corrected chi connectivity index (χ1v) is 13.9. The molecule has 5 rings (SSSR count). The van der Waals surface area contributed by atoms with Crippen LogP contribution >= 0.6 is 11.3 Å². The number of hydrogen-bond donors (Lipinski definition) is 1. The van der Waals surface area contributed by atoms with E-state index in [1.165, 1.54) is 16.0 Å². The van der Waals surface area contributed by atoms with Crippen molar-refractivity contribution < 1.29 is 19.4 Å². The van der Waals surface area contributed by atoms with E-state index in [-0.39, 0.29) is 11.8 Å². The number of carbonyl (C=O) groups is 2. The molecule has 194 valence electrons. The number of carboxylic acids is 1. The minimum absolute atomic E-state index is 0.0558. The number of amides is 1. The Kier molecular flexibility index (Phi) is 7.24. The van der Waals surface area contributed by atoms with Gasteiger partial charge in [0.05, 0.1) is 5.92 Å². The summed E-state index contributed by atoms with van der Waals surface area (Å²) in [7, 11) is 0. The second kappa shape index (κ2) is 10.6. The van der Waals surface area contributed by atoms with E-state index in [4.69, 9.17) is 4.74 Å². The van der Waals surface area contributed by atoms with Crippen LogP contribution in [0.2, 0.25) is 0 Å². The number of piperidine rings is 1. The molecule has 0 spiro atoms. The number of thiophene rings is 1. The quantitative estimate of drug-likeness (QED) is 0.373. The second-order valence-corrected chi connectivity index (χ2v) is 11.5. The van der Waals surface area contributed by atoms with Crippen molar-refractivity contribution in [2.45, 2.75) is 57.7 Å². The average Bonchev–Trinajstić information content (AvgIpc) is 3.59. The lowest BCUT2D eigenvalue weighted by Crippen LogP contribution is -2.45. The van der Waals surface area contributed by atoms with Crippen LogP contribution in [0.15, 0.2) is 66.0 Å². The van der Waals surface area contributed by atoms with Crippen LogP contribution < -0.4 is 9.64 Å². The van der Waals surface area contributed by atoms with Crippen LogP contribution in [0.25, 0.3) is 10.4 Å². The van der Waals surface area contributed by atoms with Crippen molar-refractivity contribution in [1.29, 1.82) is 0 Å². The molecule has 0 radical (unpaired) electrons. The van der Waals surface area contributed by atoms with Crippen LogP contribution in [0, 0.1) is 5.92 Å². The number of carboxylic acid groups (broad SMARTS) is 1. The summed E-state index contributed by atoms with van der Waals surface area (Å²) in [6, 6.07) is 20.7. The SMILES string of the molecule is CC(C)(Oc1cccc(N2CCC[C@H](C(=O)N(Cc3ccc(-c4cccs4)cc3)C3CC3)C2)c1)C(=O)O. The topological polar surface area (TPSA) is 70.1 Å². The third-order valence-corrected chi connectivity index (χ3v) is 8.14. The van der Waals surface area contributed by atoms with Gasteiger partial charge in [0.25, 0.3) is 0 Å². The van der Waals surface area contributed by atoms with Gasteiger partial charge in [0.1, 0.15) is 5.75 Å². The van der Waals surface area contributed by atoms with Crippen molar-refractivity contribution in [2.24, 2.45) is 5.92 Å². The van der Waals surface area contributed by atoms with Crippen molar-refractivity contribution in [1.82, 2.24) is 4.90 Å². The highest BCUT2D eigenvalue weighted by molar-refractivity contribution is 7.13. The Bertz CT molecular complexity index is 1230. The molecule has 0 bridgehead atoms. The Morgan fingerprint density at radius 3 is 2.54 bits per heavy atom. The number of benzene rings is 2. The molecule has 1 aromatic heterocycles. The van der Waals surface area contributed by atoms with Gasteiger partial charge in [-0.1, -0.05) is 36.4 Å². The molecule has 1 saturated carbocycles. The van der Waals surface area contributed by atoms with E-state index < -0.39 is 11.6 Å². The van der Waals surface area contributed by atoms with Crippen molar-refractivity contribution in [3.8, 4) is 16.2 Å². The lowest BCUT2D eigenvalue weighted by molar-refractivity contribution is -0.152. The smallest absolute Gasteiger partial charge is 0.347 e. The van der Waals surface area contributed by atoms with Gasteiger partial charge in [0.15, 0.2) is 5.60 Å². The maximum absolute atomic E-state index is 13.8. The molecule has 1 N–H and O–H groups in total. The van der Waals surface area contributed by atoms with E-state index in [1.807, 2.05) is 18.2 Å². The summed E-state index contributed by atoms with van der Waals surface area (Å²) >= 11 is 1.73. The van der Waals surface area contributed by atoms with Crippen LogP contribution in [-0.2, 0) is 16.1 Å². The summed E-state index contributed by atoms with van der Waals surface area (Å²) in [5, 5.41) is 11.5. The van der Waals surface area contributed by atoms with Gasteiger partial charge >= 0.3 is 5.97 Å². The van der Waals surface area contributed by atoms with Crippen LogP contribution in [0.4, 0.5) is 5.69 Å². The van der Waals surface area contributed by atoms with E-state index in [2.05, 4.69) is 51.6 Å². The van der Waals surface area contributed by atoms with Gasteiger partial charge in [-0.3, -0.25) is 4.79 Å². The highest BCUT2D eigenvalue weighted by atomic mass is 32.1. The van der Waals surface area contributed by atoms with Gasteiger partial charge in [-0.25, -0.2) is 4.79 Å². The number of ether oxygens (including phenoxy) is 1. The average molecular weight is 519 g/mol. The molecule has 1 aliphatic carbocycles. The minimum Gasteiger partial charge on any atom is -0.478 e. The van der Waals surface area contributed by atoms with Crippen LogP contribution in [0.3, 0.4) is 0 Å². The molecule has 1 atom stereocenters. The zero-order chi connectivity index (χ0) is 26.0. The molecule has 2 aromatic carbocycles. The fourth-order valence-electron chi connectivity index (χ4n) is 4.92. The molecule has 2 fully saturated rings. The van der Waals surface area contributed by atoms with Crippen molar-refractivity contribution >= 4 is 28.9 Å². The normalized spacial score (nSPS) is 17.9. The highest BCUT2D eigenvalue weighted by Gasteiger charge is 2.37. The number of anilines is 1. The first-order chi connectivity index (χ1) is 17.8. The molecular weight excluding hydrogens is 484 g/mol. The fraction of sp³-hybridized carbons (Fsp3) is 0.400. The van der Waals surface area contributed by atoms with Crippen molar-refractivity contribution in [3.63, 3.8) is 0 Å². The Morgan fingerprint density at radius 1 is 1.08 bits per heavy atom. The van der Waals surface area contributed by atoms with Gasteiger partial charge in [-0.2, -0.15) is 0 Å². The zero-order valence-electron chi connectivity index (χ0n) is 21.4. The highest BCUT2D eigenvalue weighted by Crippen LogP contribution is 2.34. The third-order valence-electron chi connectivity index (χ3n) is 7.22. The Hall–Kier alpha value is -3.32. The number of aliphatic carboxylic acids is 1. The second-order valence-electron chi connectivity index (χ2n) is 10.6. The Balaban J connectivity index is 1.26. The van der Waals surface area contributed by atoms with Crippen molar-refractivity contribution in [2.75, 3.05) is 18.0 Å². The van der Waals surface area contributed by atoms with E-state index in [1.54, 1.807) is 31.3 Å². The van der Waals surface area contributed by atoms with E-state index >= 15 is 0 Å². The van der Waals surface area contributed by atoms with Crippen LogP contribution in [0.1, 0.15) is 45.1 Å². The molecular formula is C30H34N2O4S. The van der Waals surface area contributed by atoms with Gasteiger partial charge in [0.2, 0.25) is 5.91 Å². The predicted molar refractivity (Wildman–Crippen MR) is 147 cm³/mol. The summed E-state index contributed by atoms with van der Waals surface area (Å²) < 4.78 is 5.74. The standard InChI is InChI=1S/C30H34N2O4S/c1-30(2,29(34)35)36-26-8-3-7-25(18-26)31-16-4-6-23(20-31)28(33)32(24-14-15-24)19-21-10-12-22(13-11-21)27-9-5-17-37-27/h3,5,7-13,17-18,23-24H,4,6,14-16,19-20H2,1-2H3,(H,34,35)/t23-/m0/s1. The van der Waals surface area contributed by atoms with Gasteiger partial charge in [-0.05, 0) is 74.2 Å². The molecule has 0 unspecified atom stereocenters. The first kappa shape index (κ1) is 25.3. The number of carbonyl (C=O) groups excluding carboxylic acids is 1. The van der Waals surface area contributed by atoms with Crippen LogP contribution in [-0.4, -0.2) is 46.6 Å². The van der Waals surface area contributed by atoms with E-state index in [0.717, 1.165) is 37.9 Å². The summed E-state index contributed by atoms with van der Waals surface area (Å²) in [5.74, 6) is -0.305. The molecule has 1 aliphatic heterocycles. The summed E-state index contributed by atoms with van der Waals surface area (Å²) in [4.78, 5) is 30.8. The molecule has 1 amide bonds. The molecule has 1 saturated heterocycles. The van der Waals surface area contributed by atoms with Gasteiger partial charge in [0, 0.05) is 42.3 Å². The molecule has 7 heteroatoms. The Labute approximate surface area is 222 Å². The number of nitrogens with zero attached hydrogens (tertiary/aromatic N) is 2. The summed E-state index contributed by atoms with van der Waals surface area (Å²) in [6.07, 6.45) is 3.98. The monoisotopic (exact) mass is 518 g/mol. The third kappa shape index (κ3) is 5.99. The lowest BCUT2D eigenvalue weighted by Gasteiger charge is -2.36. The minimum atomic E-state index is -1.31. The van der Waals surface area contributed by atoms with Gasteiger partial charge in [-0.15, -0.1) is 11.3 Å². The fourth-order valence-corrected chi connectivity index (χ4v) is 5.65. The lowest BCUT2D eigenvalue weighted by atomic mass is 9.95. The number of hydrogen-bond acceptors (Lipinski definition) is 5. The zero-order valence-corrected chi connectivity index (χ0v) is 22.2. The van der Waals surface area contributed by atoms with Crippen LogP contribution in [0.5, 0.6) is 5.75 Å². The maximum Gasteiger partial charge on any atom is 0.347 e. The molecule has 3 aromatic rings. The van der Waals surface area contributed by atoms with Crippen molar-refractivity contribution in [3.05, 3.63) is 71.6 Å². The summed E-state index contributed by atoms with van der Waals surface area (Å²) in [6.45, 7) is 5.26. The molecule has 37 heavy (non-hydrogen) atoms. The first-order valence-electron chi connectivity index (χ1n) is 13.0. The maximum atomic E-state index is 13.8. The molecule has 6 nitrogen and oxygen atoms in total. The van der Waals surface area contributed by atoms with E-state index in [0.29, 0.717) is 24.9 Å². The molecule has 2 aliphatic rings.